The molecule has 0 saturated carbocycles. The molecule has 0 aliphatic rings. The summed E-state index contributed by atoms with van der Waals surface area (Å²) in [5.74, 6) is 0.776. The fourth-order valence-corrected chi connectivity index (χ4v) is 2.16. The Labute approximate surface area is 92.5 Å². The molecule has 0 aliphatic carbocycles. The Bertz CT molecular complexity index is 362. The van der Waals surface area contributed by atoms with Crippen molar-refractivity contribution in [1.29, 1.82) is 0 Å². The van der Waals surface area contributed by atoms with Crippen molar-refractivity contribution >= 4 is 0 Å². The molecular weight excluding hydrogens is 187 g/mol. The van der Waals surface area contributed by atoms with Gasteiger partial charge in [-0.15, -0.1) is 0 Å². The number of hydrogen-bond donors (Lipinski definition) is 0. The second-order valence-electron chi connectivity index (χ2n) is 4.92. The summed E-state index contributed by atoms with van der Waals surface area (Å²) in [5, 5.41) is 0. The lowest BCUT2D eigenvalue weighted by Crippen LogP contribution is -2.05. The van der Waals surface area contributed by atoms with Gasteiger partial charge in [0, 0.05) is 0 Å². The molecule has 0 heterocycles. The largest absolute Gasteiger partial charge is 0.207 e. The Morgan fingerprint density at radius 2 is 1.47 bits per heavy atom. The van der Waals surface area contributed by atoms with Crippen LogP contribution in [0.3, 0.4) is 0 Å². The monoisotopic (exact) mass is 208 g/mol. The lowest BCUT2D eigenvalue weighted by Gasteiger charge is -2.20. The molecule has 1 aromatic carbocycles. The number of halogens is 1. The van der Waals surface area contributed by atoms with E-state index in [-0.39, 0.29) is 5.82 Å². The van der Waals surface area contributed by atoms with E-state index in [9.17, 15) is 4.39 Å². The third-order valence-electron chi connectivity index (χ3n) is 3.12. The van der Waals surface area contributed by atoms with Gasteiger partial charge in [-0.25, -0.2) is 4.39 Å². The first-order chi connectivity index (χ1) is 6.86. The zero-order chi connectivity index (χ0) is 11.7. The summed E-state index contributed by atoms with van der Waals surface area (Å²) in [6.45, 7) is 12.5. The van der Waals surface area contributed by atoms with Crippen molar-refractivity contribution < 1.29 is 4.39 Å². The standard InChI is InChI=1S/C14H21F/c1-8(2)12-7-13(15)10(5)11(6)14(12)9(3)4/h7-9H,1-6H3. The highest BCUT2D eigenvalue weighted by atomic mass is 19.1. The molecule has 84 valence electrons. The molecule has 0 nitrogen and oxygen atoms in total. The maximum absolute atomic E-state index is 13.6. The molecule has 0 unspecified atom stereocenters. The van der Waals surface area contributed by atoms with E-state index in [2.05, 4.69) is 27.7 Å². The van der Waals surface area contributed by atoms with Crippen LogP contribution in [-0.2, 0) is 0 Å². The molecule has 0 amide bonds. The average Bonchev–Trinajstić information content (AvgIpc) is 2.12. The molecule has 0 atom stereocenters. The summed E-state index contributed by atoms with van der Waals surface area (Å²) < 4.78 is 13.6. The van der Waals surface area contributed by atoms with Gasteiger partial charge in [-0.1, -0.05) is 27.7 Å². The summed E-state index contributed by atoms with van der Waals surface area (Å²) >= 11 is 0. The molecule has 0 N–H and O–H groups in total. The Morgan fingerprint density at radius 1 is 0.933 bits per heavy atom. The third-order valence-corrected chi connectivity index (χ3v) is 3.12. The normalized spacial score (nSPS) is 11.5. The second-order valence-corrected chi connectivity index (χ2v) is 4.92. The van der Waals surface area contributed by atoms with Crippen molar-refractivity contribution in [2.24, 2.45) is 0 Å². The van der Waals surface area contributed by atoms with E-state index >= 15 is 0 Å². The van der Waals surface area contributed by atoms with E-state index in [4.69, 9.17) is 0 Å². The average molecular weight is 208 g/mol. The highest BCUT2D eigenvalue weighted by Gasteiger charge is 2.16. The van der Waals surface area contributed by atoms with Crippen molar-refractivity contribution in [3.8, 4) is 0 Å². The Kier molecular flexibility index (Phi) is 3.54. The summed E-state index contributed by atoms with van der Waals surface area (Å²) in [4.78, 5) is 0. The minimum absolute atomic E-state index is 0.0689. The number of benzene rings is 1. The first kappa shape index (κ1) is 12.2. The van der Waals surface area contributed by atoms with E-state index in [0.717, 1.165) is 16.7 Å². The Morgan fingerprint density at radius 3 is 1.87 bits per heavy atom. The molecule has 0 saturated heterocycles. The van der Waals surface area contributed by atoms with Crippen LogP contribution in [-0.4, -0.2) is 0 Å². The van der Waals surface area contributed by atoms with Gasteiger partial charge in [0.25, 0.3) is 0 Å². The van der Waals surface area contributed by atoms with Crippen LogP contribution in [0.2, 0.25) is 0 Å². The van der Waals surface area contributed by atoms with Crippen molar-refractivity contribution in [3.05, 3.63) is 34.1 Å². The SMILES string of the molecule is Cc1c(F)cc(C(C)C)c(C(C)C)c1C. The molecule has 0 bridgehead atoms. The summed E-state index contributed by atoms with van der Waals surface area (Å²) in [6.07, 6.45) is 0. The fourth-order valence-electron chi connectivity index (χ4n) is 2.16. The Hall–Kier alpha value is -0.850. The smallest absolute Gasteiger partial charge is 0.126 e. The maximum Gasteiger partial charge on any atom is 0.126 e. The molecule has 1 heteroatoms. The van der Waals surface area contributed by atoms with E-state index in [0.29, 0.717) is 11.8 Å². The van der Waals surface area contributed by atoms with Gasteiger partial charge in [-0.2, -0.15) is 0 Å². The maximum atomic E-state index is 13.6. The fraction of sp³-hybridized carbons (Fsp3) is 0.571. The lowest BCUT2D eigenvalue weighted by molar-refractivity contribution is 0.608. The highest BCUT2D eigenvalue weighted by Crippen LogP contribution is 2.32. The van der Waals surface area contributed by atoms with Gasteiger partial charge in [-0.3, -0.25) is 0 Å². The summed E-state index contributed by atoms with van der Waals surface area (Å²) in [6, 6.07) is 1.71. The van der Waals surface area contributed by atoms with E-state index in [1.165, 1.54) is 5.56 Å². The minimum Gasteiger partial charge on any atom is -0.207 e. The third kappa shape index (κ3) is 2.22. The minimum atomic E-state index is -0.0689. The van der Waals surface area contributed by atoms with Gasteiger partial charge < -0.3 is 0 Å². The van der Waals surface area contributed by atoms with Gasteiger partial charge in [0.2, 0.25) is 0 Å². The molecule has 1 aromatic rings. The van der Waals surface area contributed by atoms with Crippen LogP contribution < -0.4 is 0 Å². The number of hydrogen-bond acceptors (Lipinski definition) is 0. The molecule has 0 spiro atoms. The molecule has 0 fully saturated rings. The van der Waals surface area contributed by atoms with Crippen LogP contribution in [0.15, 0.2) is 6.07 Å². The first-order valence-electron chi connectivity index (χ1n) is 5.65. The van der Waals surface area contributed by atoms with Crippen LogP contribution in [0.4, 0.5) is 4.39 Å². The van der Waals surface area contributed by atoms with E-state index in [1.807, 2.05) is 13.8 Å². The zero-order valence-electron chi connectivity index (χ0n) is 10.6. The molecule has 0 radical (unpaired) electrons. The van der Waals surface area contributed by atoms with Gasteiger partial charge in [0.05, 0.1) is 0 Å². The predicted octanol–water partition coefficient (Wildman–Crippen LogP) is 4.69. The van der Waals surface area contributed by atoms with Crippen LogP contribution in [0.25, 0.3) is 0 Å². The number of rotatable bonds is 2. The van der Waals surface area contributed by atoms with Crippen molar-refractivity contribution in [2.45, 2.75) is 53.4 Å². The molecule has 0 aromatic heterocycles. The second kappa shape index (κ2) is 4.34. The quantitative estimate of drug-likeness (QED) is 0.661. The summed E-state index contributed by atoms with van der Waals surface area (Å²) in [7, 11) is 0. The molecule has 1 rings (SSSR count). The first-order valence-corrected chi connectivity index (χ1v) is 5.65. The van der Waals surface area contributed by atoms with E-state index < -0.39 is 0 Å². The van der Waals surface area contributed by atoms with Gasteiger partial charge in [0.1, 0.15) is 5.82 Å². The van der Waals surface area contributed by atoms with Crippen molar-refractivity contribution in [1.82, 2.24) is 0 Å². The van der Waals surface area contributed by atoms with E-state index in [1.54, 1.807) is 6.07 Å². The van der Waals surface area contributed by atoms with Gasteiger partial charge >= 0.3 is 0 Å². The predicted molar refractivity (Wildman–Crippen MR) is 64.1 cm³/mol. The highest BCUT2D eigenvalue weighted by molar-refractivity contribution is 5.43. The van der Waals surface area contributed by atoms with Gasteiger partial charge in [-0.05, 0) is 54.0 Å². The van der Waals surface area contributed by atoms with Crippen LogP contribution in [0.5, 0.6) is 0 Å². The van der Waals surface area contributed by atoms with Crippen LogP contribution in [0, 0.1) is 19.7 Å². The molecule has 15 heavy (non-hydrogen) atoms. The zero-order valence-corrected chi connectivity index (χ0v) is 10.6. The lowest BCUT2D eigenvalue weighted by atomic mass is 9.85. The molecule has 0 aliphatic heterocycles. The van der Waals surface area contributed by atoms with Crippen LogP contribution in [0.1, 0.15) is 61.8 Å². The van der Waals surface area contributed by atoms with Crippen LogP contribution >= 0.6 is 0 Å². The van der Waals surface area contributed by atoms with Crippen molar-refractivity contribution in [2.75, 3.05) is 0 Å². The summed E-state index contributed by atoms with van der Waals surface area (Å²) in [5.41, 5.74) is 4.39. The Balaban J connectivity index is 3.51. The topological polar surface area (TPSA) is 0 Å². The molecular formula is C14H21F. The van der Waals surface area contributed by atoms with Gasteiger partial charge in [0.15, 0.2) is 0 Å². The van der Waals surface area contributed by atoms with Crippen molar-refractivity contribution in [3.63, 3.8) is 0 Å².